The highest BCUT2D eigenvalue weighted by Crippen LogP contribution is 2.14. The van der Waals surface area contributed by atoms with Gasteiger partial charge in [-0.1, -0.05) is 178 Å². The summed E-state index contributed by atoms with van der Waals surface area (Å²) in [6, 6.07) is -0.646. The molecule has 0 aromatic carbocycles. The number of carbonyl (C=O) groups excluding carboxylic acids is 1. The highest BCUT2D eigenvalue weighted by atomic mass is 16.3. The monoisotopic (exact) mass is 658 g/mol. The zero-order valence-electron chi connectivity index (χ0n) is 31.3. The Morgan fingerprint density at radius 2 is 0.894 bits per heavy atom. The Hall–Kier alpha value is -1.65. The van der Waals surface area contributed by atoms with Gasteiger partial charge < -0.3 is 15.5 Å². The summed E-state index contributed by atoms with van der Waals surface area (Å²) in [6.45, 7) is 4.26. The molecule has 0 saturated heterocycles. The minimum absolute atomic E-state index is 0.0892. The van der Waals surface area contributed by atoms with E-state index in [2.05, 4.69) is 55.6 Å². The smallest absolute Gasteiger partial charge is 0.220 e. The van der Waals surface area contributed by atoms with Crippen molar-refractivity contribution in [1.29, 1.82) is 0 Å². The van der Waals surface area contributed by atoms with Gasteiger partial charge in [0.1, 0.15) is 0 Å². The summed E-state index contributed by atoms with van der Waals surface area (Å²) in [6.07, 6.45) is 52.1. The van der Waals surface area contributed by atoms with E-state index in [1.807, 2.05) is 6.08 Å². The fourth-order valence-corrected chi connectivity index (χ4v) is 5.87. The molecule has 0 fully saturated rings. The maximum atomic E-state index is 12.3. The first-order chi connectivity index (χ1) is 23.2. The summed E-state index contributed by atoms with van der Waals surface area (Å²) in [7, 11) is 0. The third-order valence-electron chi connectivity index (χ3n) is 9.03. The number of aliphatic hydroxyl groups is 2. The SMILES string of the molecule is CCCCC/C=C\C/C=C\CCCCCCCC(=O)NC(CO)C(O)/C=C/CC/C=C/CCCCCCCCCCCCCCCC. The number of aliphatic hydroxyl groups excluding tert-OH is 2. The van der Waals surface area contributed by atoms with Crippen LogP contribution in [0.3, 0.4) is 0 Å². The van der Waals surface area contributed by atoms with Gasteiger partial charge in [0.25, 0.3) is 0 Å². The largest absolute Gasteiger partial charge is 0.394 e. The van der Waals surface area contributed by atoms with Crippen LogP contribution < -0.4 is 5.32 Å². The lowest BCUT2D eigenvalue weighted by Crippen LogP contribution is -2.45. The second-order valence-corrected chi connectivity index (χ2v) is 13.7. The van der Waals surface area contributed by atoms with E-state index >= 15 is 0 Å². The number of hydrogen-bond acceptors (Lipinski definition) is 3. The first-order valence-electron chi connectivity index (χ1n) is 20.4. The molecule has 4 nitrogen and oxygen atoms in total. The van der Waals surface area contributed by atoms with Gasteiger partial charge in [-0.25, -0.2) is 0 Å². The number of nitrogens with one attached hydrogen (secondary N) is 1. The van der Waals surface area contributed by atoms with Crippen LogP contribution in [-0.2, 0) is 4.79 Å². The van der Waals surface area contributed by atoms with E-state index in [0.29, 0.717) is 6.42 Å². The van der Waals surface area contributed by atoms with Gasteiger partial charge in [0.2, 0.25) is 5.91 Å². The third kappa shape index (κ3) is 35.5. The van der Waals surface area contributed by atoms with Crippen LogP contribution in [0.1, 0.15) is 200 Å². The number of rotatable bonds is 36. The summed E-state index contributed by atoms with van der Waals surface area (Å²) in [4.78, 5) is 12.3. The van der Waals surface area contributed by atoms with Crippen LogP contribution in [0.15, 0.2) is 48.6 Å². The molecule has 0 saturated carbocycles. The van der Waals surface area contributed by atoms with Gasteiger partial charge in [0.15, 0.2) is 0 Å². The summed E-state index contributed by atoms with van der Waals surface area (Å²) in [5, 5.41) is 22.9. The van der Waals surface area contributed by atoms with Crippen molar-refractivity contribution in [2.45, 2.75) is 212 Å². The maximum absolute atomic E-state index is 12.3. The standard InChI is InChI=1S/C43H79NO3/c1-3-5-7-9-11-13-15-17-19-20-21-22-23-25-26-28-30-32-34-36-38-42(46)41(40-45)44-43(47)39-37-35-33-31-29-27-24-18-16-14-12-10-8-6-4-2/h12,14,18,24,28,30,36,38,41-42,45-46H,3-11,13,15-17,19-23,25-27,29,31-35,37,39-40H2,1-2H3,(H,44,47)/b14-12-,24-18-,30-28+,38-36+. The first-order valence-corrected chi connectivity index (χ1v) is 20.4. The van der Waals surface area contributed by atoms with E-state index < -0.39 is 12.1 Å². The lowest BCUT2D eigenvalue weighted by Gasteiger charge is -2.19. The van der Waals surface area contributed by atoms with Crippen LogP contribution in [0.5, 0.6) is 0 Å². The van der Waals surface area contributed by atoms with Crippen LogP contribution in [0.25, 0.3) is 0 Å². The molecule has 2 atom stereocenters. The lowest BCUT2D eigenvalue weighted by molar-refractivity contribution is -0.123. The van der Waals surface area contributed by atoms with E-state index in [4.69, 9.17) is 0 Å². The van der Waals surface area contributed by atoms with Gasteiger partial charge in [0, 0.05) is 6.42 Å². The fraction of sp³-hybridized carbons (Fsp3) is 0.791. The van der Waals surface area contributed by atoms with Crippen molar-refractivity contribution >= 4 is 5.91 Å². The molecule has 1 amide bonds. The van der Waals surface area contributed by atoms with Gasteiger partial charge in [-0.15, -0.1) is 0 Å². The molecule has 274 valence electrons. The Morgan fingerprint density at radius 3 is 1.40 bits per heavy atom. The van der Waals surface area contributed by atoms with E-state index in [1.165, 1.54) is 128 Å². The van der Waals surface area contributed by atoms with Gasteiger partial charge >= 0.3 is 0 Å². The van der Waals surface area contributed by atoms with Gasteiger partial charge in [-0.05, 0) is 64.2 Å². The Labute approximate surface area is 293 Å². The van der Waals surface area contributed by atoms with Crippen LogP contribution >= 0.6 is 0 Å². The molecule has 0 aromatic rings. The Balaban J connectivity index is 3.67. The summed E-state index contributed by atoms with van der Waals surface area (Å²) < 4.78 is 0. The topological polar surface area (TPSA) is 69.6 Å². The van der Waals surface area contributed by atoms with Gasteiger partial charge in [0.05, 0.1) is 18.8 Å². The molecule has 0 aliphatic carbocycles. The molecule has 0 rings (SSSR count). The maximum Gasteiger partial charge on any atom is 0.220 e. The summed E-state index contributed by atoms with van der Waals surface area (Å²) in [5.74, 6) is -0.0892. The zero-order chi connectivity index (χ0) is 34.3. The minimum atomic E-state index is -0.868. The number of hydrogen-bond donors (Lipinski definition) is 3. The van der Waals surface area contributed by atoms with Crippen molar-refractivity contribution in [1.82, 2.24) is 5.32 Å². The molecule has 47 heavy (non-hydrogen) atoms. The fourth-order valence-electron chi connectivity index (χ4n) is 5.87. The van der Waals surface area contributed by atoms with Crippen molar-refractivity contribution in [2.75, 3.05) is 6.61 Å². The molecule has 0 spiro atoms. The Bertz CT molecular complexity index is 756. The molecule has 0 aliphatic heterocycles. The normalized spacial score (nSPS) is 13.5. The van der Waals surface area contributed by atoms with E-state index in [0.717, 1.165) is 51.4 Å². The lowest BCUT2D eigenvalue weighted by atomic mass is 10.0. The van der Waals surface area contributed by atoms with Crippen molar-refractivity contribution in [2.24, 2.45) is 0 Å². The van der Waals surface area contributed by atoms with Crippen LogP contribution in [-0.4, -0.2) is 34.9 Å². The third-order valence-corrected chi connectivity index (χ3v) is 9.03. The number of allylic oxidation sites excluding steroid dienone is 7. The quantitative estimate of drug-likeness (QED) is 0.0464. The first kappa shape index (κ1) is 45.3. The molecular formula is C43H79NO3. The van der Waals surface area contributed by atoms with Crippen LogP contribution in [0.4, 0.5) is 0 Å². The number of carbonyl (C=O) groups is 1. The van der Waals surface area contributed by atoms with Crippen molar-refractivity contribution in [3.05, 3.63) is 48.6 Å². The molecule has 2 unspecified atom stereocenters. The van der Waals surface area contributed by atoms with Gasteiger partial charge in [-0.2, -0.15) is 0 Å². The van der Waals surface area contributed by atoms with Gasteiger partial charge in [-0.3, -0.25) is 4.79 Å². The average Bonchev–Trinajstić information content (AvgIpc) is 3.07. The summed E-state index contributed by atoms with van der Waals surface area (Å²) in [5.41, 5.74) is 0. The predicted molar refractivity (Wildman–Crippen MR) is 207 cm³/mol. The van der Waals surface area contributed by atoms with Crippen LogP contribution in [0.2, 0.25) is 0 Å². The molecule has 0 radical (unpaired) electrons. The zero-order valence-corrected chi connectivity index (χ0v) is 31.3. The van der Waals surface area contributed by atoms with E-state index in [-0.39, 0.29) is 12.5 Å². The number of unbranched alkanes of at least 4 members (excludes halogenated alkanes) is 23. The Morgan fingerprint density at radius 1 is 0.511 bits per heavy atom. The second-order valence-electron chi connectivity index (χ2n) is 13.7. The van der Waals surface area contributed by atoms with Crippen LogP contribution in [0, 0.1) is 0 Å². The van der Waals surface area contributed by atoms with E-state index in [9.17, 15) is 15.0 Å². The molecule has 0 aliphatic rings. The summed E-state index contributed by atoms with van der Waals surface area (Å²) >= 11 is 0. The molecule has 4 heteroatoms. The molecule has 0 heterocycles. The van der Waals surface area contributed by atoms with Crippen molar-refractivity contribution in [3.8, 4) is 0 Å². The second kappa shape index (κ2) is 38.8. The average molecular weight is 658 g/mol. The molecule has 0 bridgehead atoms. The van der Waals surface area contributed by atoms with Crippen molar-refractivity contribution in [3.63, 3.8) is 0 Å². The highest BCUT2D eigenvalue weighted by Gasteiger charge is 2.17. The van der Waals surface area contributed by atoms with E-state index in [1.54, 1.807) is 6.08 Å². The number of amides is 1. The molecular weight excluding hydrogens is 578 g/mol. The Kier molecular flexibility index (Phi) is 37.4. The minimum Gasteiger partial charge on any atom is -0.394 e. The highest BCUT2D eigenvalue weighted by molar-refractivity contribution is 5.76. The molecule has 3 N–H and O–H groups in total. The predicted octanol–water partition coefficient (Wildman–Crippen LogP) is 12.4. The van der Waals surface area contributed by atoms with Crippen molar-refractivity contribution < 1.29 is 15.0 Å². The molecule has 0 aromatic heterocycles.